The molecule has 138 valence electrons. The second-order valence-electron chi connectivity index (χ2n) is 5.63. The van der Waals surface area contributed by atoms with E-state index in [1.165, 1.54) is 22.8 Å². The van der Waals surface area contributed by atoms with Gasteiger partial charge in [-0.15, -0.1) is 0 Å². The standard InChI is InChI=1S/C20H18F2N4O/c1-3-5-7-16(6-4-2)27-13-15-12-26-20(24-15)23-11-19(25-26)17-9-8-14(21)10-18(17)22/h3-12H,13H2,1-2H3/b5-3?,6-4-,16-7+. The van der Waals surface area contributed by atoms with Gasteiger partial charge in [0.25, 0.3) is 5.78 Å². The van der Waals surface area contributed by atoms with Gasteiger partial charge in [-0.05, 0) is 38.1 Å². The number of hydrogen-bond donors (Lipinski definition) is 0. The third-order valence-corrected chi connectivity index (χ3v) is 3.62. The quantitative estimate of drug-likeness (QED) is 0.470. The molecular formula is C20H18F2N4O. The van der Waals surface area contributed by atoms with Crippen molar-refractivity contribution in [1.82, 2.24) is 19.6 Å². The van der Waals surface area contributed by atoms with E-state index >= 15 is 0 Å². The van der Waals surface area contributed by atoms with Crippen LogP contribution in [0.15, 0.2) is 66.7 Å². The number of allylic oxidation sites excluding steroid dienone is 5. The van der Waals surface area contributed by atoms with Crippen LogP contribution in [0.2, 0.25) is 0 Å². The number of rotatable bonds is 6. The van der Waals surface area contributed by atoms with Crippen molar-refractivity contribution >= 4 is 5.78 Å². The van der Waals surface area contributed by atoms with Gasteiger partial charge in [-0.25, -0.2) is 23.3 Å². The lowest BCUT2D eigenvalue weighted by Crippen LogP contribution is -1.97. The lowest BCUT2D eigenvalue weighted by atomic mass is 10.1. The third-order valence-electron chi connectivity index (χ3n) is 3.62. The molecule has 0 aliphatic heterocycles. The average Bonchev–Trinajstić information content (AvgIpc) is 3.06. The number of nitrogens with zero attached hydrogens (tertiary/aromatic N) is 4. The first-order valence-corrected chi connectivity index (χ1v) is 8.36. The van der Waals surface area contributed by atoms with E-state index in [4.69, 9.17) is 4.74 Å². The highest BCUT2D eigenvalue weighted by molar-refractivity contribution is 5.59. The number of aromatic nitrogens is 4. The zero-order valence-corrected chi connectivity index (χ0v) is 14.9. The molecule has 0 fully saturated rings. The van der Waals surface area contributed by atoms with Crippen LogP contribution in [0.1, 0.15) is 19.5 Å². The molecule has 0 aliphatic rings. The van der Waals surface area contributed by atoms with Gasteiger partial charge < -0.3 is 4.74 Å². The van der Waals surface area contributed by atoms with Gasteiger partial charge in [0.15, 0.2) is 0 Å². The van der Waals surface area contributed by atoms with Gasteiger partial charge in [0.2, 0.25) is 0 Å². The van der Waals surface area contributed by atoms with Gasteiger partial charge >= 0.3 is 0 Å². The minimum absolute atomic E-state index is 0.168. The Kier molecular flexibility index (Phi) is 5.71. The number of fused-ring (bicyclic) bond motifs is 1. The largest absolute Gasteiger partial charge is 0.487 e. The molecule has 2 heterocycles. The predicted octanol–water partition coefficient (Wildman–Crippen LogP) is 4.62. The van der Waals surface area contributed by atoms with E-state index in [1.54, 1.807) is 6.20 Å². The summed E-state index contributed by atoms with van der Waals surface area (Å²) in [6.45, 7) is 4.06. The summed E-state index contributed by atoms with van der Waals surface area (Å²) >= 11 is 0. The zero-order chi connectivity index (χ0) is 19.2. The SMILES string of the molecule is CC=C/C=C(\C=C/C)OCc1cn2nc(-c3ccc(F)cc3F)cnc2n1. The Hall–Kier alpha value is -3.35. The summed E-state index contributed by atoms with van der Waals surface area (Å²) in [5.41, 5.74) is 1.08. The van der Waals surface area contributed by atoms with Crippen molar-refractivity contribution in [2.45, 2.75) is 20.5 Å². The fraction of sp³-hybridized carbons (Fsp3) is 0.150. The van der Waals surface area contributed by atoms with E-state index in [1.807, 2.05) is 44.2 Å². The van der Waals surface area contributed by atoms with Crippen LogP contribution in [0.5, 0.6) is 0 Å². The summed E-state index contributed by atoms with van der Waals surface area (Å²) < 4.78 is 34.2. The van der Waals surface area contributed by atoms with Crippen LogP contribution in [0.3, 0.4) is 0 Å². The minimum atomic E-state index is -0.697. The highest BCUT2D eigenvalue weighted by Crippen LogP contribution is 2.21. The summed E-state index contributed by atoms with van der Waals surface area (Å²) in [4.78, 5) is 8.53. The van der Waals surface area contributed by atoms with Gasteiger partial charge in [0, 0.05) is 11.6 Å². The maximum Gasteiger partial charge on any atom is 0.251 e. The normalized spacial score (nSPS) is 12.5. The van der Waals surface area contributed by atoms with Crippen molar-refractivity contribution in [1.29, 1.82) is 0 Å². The summed E-state index contributed by atoms with van der Waals surface area (Å²) in [5, 5.41) is 4.30. The molecule has 0 radical (unpaired) electrons. The van der Waals surface area contributed by atoms with Gasteiger partial charge in [-0.2, -0.15) is 5.10 Å². The molecule has 0 saturated carbocycles. The van der Waals surface area contributed by atoms with Crippen molar-refractivity contribution in [3.05, 3.63) is 84.1 Å². The van der Waals surface area contributed by atoms with Crippen LogP contribution in [0.4, 0.5) is 8.78 Å². The van der Waals surface area contributed by atoms with Gasteiger partial charge in [0.05, 0.1) is 12.4 Å². The second kappa shape index (κ2) is 8.35. The van der Waals surface area contributed by atoms with Crippen LogP contribution in [0.25, 0.3) is 17.0 Å². The Bertz CT molecular complexity index is 1040. The fourth-order valence-corrected chi connectivity index (χ4v) is 2.38. The molecule has 27 heavy (non-hydrogen) atoms. The Balaban J connectivity index is 1.83. The molecule has 7 heteroatoms. The van der Waals surface area contributed by atoms with Crippen LogP contribution in [-0.4, -0.2) is 19.6 Å². The Morgan fingerprint density at radius 3 is 2.81 bits per heavy atom. The van der Waals surface area contributed by atoms with Crippen molar-refractivity contribution < 1.29 is 13.5 Å². The minimum Gasteiger partial charge on any atom is -0.487 e. The van der Waals surface area contributed by atoms with E-state index in [0.717, 1.165) is 6.07 Å². The summed E-state index contributed by atoms with van der Waals surface area (Å²) in [7, 11) is 0. The zero-order valence-electron chi connectivity index (χ0n) is 14.9. The molecule has 3 aromatic rings. The van der Waals surface area contributed by atoms with Gasteiger partial charge in [-0.1, -0.05) is 18.2 Å². The monoisotopic (exact) mass is 368 g/mol. The van der Waals surface area contributed by atoms with Crippen molar-refractivity contribution in [2.75, 3.05) is 0 Å². The molecule has 0 saturated heterocycles. The molecule has 0 atom stereocenters. The maximum atomic E-state index is 14.0. The smallest absolute Gasteiger partial charge is 0.251 e. The second-order valence-corrected chi connectivity index (χ2v) is 5.63. The molecule has 2 aromatic heterocycles. The van der Waals surface area contributed by atoms with E-state index in [0.29, 0.717) is 17.2 Å². The van der Waals surface area contributed by atoms with E-state index in [2.05, 4.69) is 15.1 Å². The molecule has 1 aromatic carbocycles. The lowest BCUT2D eigenvalue weighted by molar-refractivity contribution is 0.208. The molecule has 5 nitrogen and oxygen atoms in total. The first kappa shape index (κ1) is 18.4. The molecule has 3 rings (SSSR count). The number of ether oxygens (including phenoxy) is 1. The Morgan fingerprint density at radius 1 is 1.22 bits per heavy atom. The molecular weight excluding hydrogens is 350 g/mol. The summed E-state index contributed by atoms with van der Waals surface area (Å²) in [6, 6.07) is 3.32. The number of benzene rings is 1. The van der Waals surface area contributed by atoms with Gasteiger partial charge in [-0.3, -0.25) is 0 Å². The Morgan fingerprint density at radius 2 is 2.07 bits per heavy atom. The van der Waals surface area contributed by atoms with Gasteiger partial charge in [0.1, 0.15) is 35.4 Å². The third kappa shape index (κ3) is 4.44. The topological polar surface area (TPSA) is 52.3 Å². The molecule has 0 amide bonds. The number of hydrogen-bond acceptors (Lipinski definition) is 4. The van der Waals surface area contributed by atoms with Crippen molar-refractivity contribution in [2.24, 2.45) is 0 Å². The average molecular weight is 368 g/mol. The lowest BCUT2D eigenvalue weighted by Gasteiger charge is -2.03. The van der Waals surface area contributed by atoms with Crippen molar-refractivity contribution in [3.63, 3.8) is 0 Å². The number of imidazole rings is 1. The van der Waals surface area contributed by atoms with Crippen LogP contribution in [-0.2, 0) is 11.3 Å². The molecule has 0 spiro atoms. The highest BCUT2D eigenvalue weighted by Gasteiger charge is 2.11. The van der Waals surface area contributed by atoms with Crippen molar-refractivity contribution in [3.8, 4) is 11.3 Å². The first-order chi connectivity index (χ1) is 13.1. The molecule has 0 unspecified atom stereocenters. The maximum absolute atomic E-state index is 14.0. The summed E-state index contributed by atoms with van der Waals surface area (Å²) in [6.07, 6.45) is 12.4. The molecule has 0 N–H and O–H groups in total. The van der Waals surface area contributed by atoms with E-state index in [-0.39, 0.29) is 17.9 Å². The fourth-order valence-electron chi connectivity index (χ4n) is 2.38. The Labute approximate surface area is 155 Å². The van der Waals surface area contributed by atoms with E-state index < -0.39 is 11.6 Å². The molecule has 0 aliphatic carbocycles. The van der Waals surface area contributed by atoms with Crippen LogP contribution < -0.4 is 0 Å². The molecule has 0 bridgehead atoms. The summed E-state index contributed by atoms with van der Waals surface area (Å²) in [5.74, 6) is -0.278. The van der Waals surface area contributed by atoms with E-state index in [9.17, 15) is 8.78 Å². The predicted molar refractivity (Wildman–Crippen MR) is 98.6 cm³/mol. The van der Waals surface area contributed by atoms with Crippen LogP contribution in [0, 0.1) is 11.6 Å². The number of halogens is 2. The highest BCUT2D eigenvalue weighted by atomic mass is 19.1. The first-order valence-electron chi connectivity index (χ1n) is 8.36. The van der Waals surface area contributed by atoms with Crippen LogP contribution >= 0.6 is 0 Å².